The van der Waals surface area contributed by atoms with E-state index in [1.807, 2.05) is 0 Å². The number of nitrogens with zero attached hydrogens (tertiary/aromatic N) is 1. The van der Waals surface area contributed by atoms with Gasteiger partial charge in [-0.1, -0.05) is 11.6 Å². The van der Waals surface area contributed by atoms with Crippen molar-refractivity contribution in [3.63, 3.8) is 0 Å². The molecule has 0 aromatic carbocycles. The van der Waals surface area contributed by atoms with Gasteiger partial charge in [-0.2, -0.15) is 0 Å². The van der Waals surface area contributed by atoms with Crippen LogP contribution in [-0.2, 0) is 11.3 Å². The molecule has 11 heavy (non-hydrogen) atoms. The summed E-state index contributed by atoms with van der Waals surface area (Å²) in [5.41, 5.74) is 4.74. The number of ether oxygens (including phenoxy) is 1. The minimum absolute atomic E-state index is 0.139. The summed E-state index contributed by atoms with van der Waals surface area (Å²) in [6.07, 6.45) is 0.741. The van der Waals surface area contributed by atoms with E-state index >= 15 is 0 Å². The third kappa shape index (κ3) is 2.73. The minimum atomic E-state index is -0.797. The third-order valence-electron chi connectivity index (χ3n) is 0.882. The second kappa shape index (κ2) is 3.54. The van der Waals surface area contributed by atoms with Crippen molar-refractivity contribution < 1.29 is 9.53 Å². The van der Waals surface area contributed by atoms with Gasteiger partial charge in [0.25, 0.3) is 0 Å². The van der Waals surface area contributed by atoms with E-state index in [0.717, 1.165) is 4.88 Å². The molecule has 0 saturated carbocycles. The van der Waals surface area contributed by atoms with Crippen LogP contribution in [0.2, 0.25) is 4.47 Å². The number of hydrogen-bond acceptors (Lipinski definition) is 4. The molecule has 0 fully saturated rings. The number of nitrogens with two attached hydrogens (primary N) is 1. The lowest BCUT2D eigenvalue weighted by Crippen LogP contribution is -2.12. The van der Waals surface area contributed by atoms with Crippen molar-refractivity contribution in [3.05, 3.63) is 15.5 Å². The Morgan fingerprint density at radius 1 is 1.91 bits per heavy atom. The molecule has 0 unspecified atom stereocenters. The number of thiazole rings is 1. The lowest BCUT2D eigenvalue weighted by atomic mass is 10.6. The van der Waals surface area contributed by atoms with Crippen molar-refractivity contribution in [1.29, 1.82) is 0 Å². The topological polar surface area (TPSA) is 65.2 Å². The third-order valence-corrected chi connectivity index (χ3v) is 1.97. The summed E-state index contributed by atoms with van der Waals surface area (Å²) in [4.78, 5) is 14.6. The van der Waals surface area contributed by atoms with E-state index in [4.69, 9.17) is 17.3 Å². The SMILES string of the molecule is NC(=O)OCc1cnc(Cl)s1. The maximum absolute atomic E-state index is 10.1. The number of amides is 1. The Kier molecular flexibility index (Phi) is 2.67. The Morgan fingerprint density at radius 3 is 3.09 bits per heavy atom. The van der Waals surface area contributed by atoms with Crippen LogP contribution < -0.4 is 5.73 Å². The predicted molar refractivity (Wildman–Crippen MR) is 41.5 cm³/mol. The van der Waals surface area contributed by atoms with Crippen LogP contribution in [0.1, 0.15) is 4.88 Å². The Balaban J connectivity index is 2.45. The zero-order valence-electron chi connectivity index (χ0n) is 5.41. The summed E-state index contributed by atoms with van der Waals surface area (Å²) in [5.74, 6) is 0. The number of halogens is 1. The number of aromatic nitrogens is 1. The summed E-state index contributed by atoms with van der Waals surface area (Å²) in [6, 6.07) is 0. The Bertz CT molecular complexity index is 263. The highest BCUT2D eigenvalue weighted by Crippen LogP contribution is 2.17. The van der Waals surface area contributed by atoms with Crippen molar-refractivity contribution in [1.82, 2.24) is 4.98 Å². The Labute approximate surface area is 71.9 Å². The highest BCUT2D eigenvalue weighted by molar-refractivity contribution is 7.15. The van der Waals surface area contributed by atoms with Crippen LogP contribution in [0.5, 0.6) is 0 Å². The van der Waals surface area contributed by atoms with Gasteiger partial charge in [0.05, 0.1) is 4.88 Å². The van der Waals surface area contributed by atoms with E-state index < -0.39 is 6.09 Å². The van der Waals surface area contributed by atoms with Gasteiger partial charge in [-0.05, 0) is 0 Å². The first-order valence-corrected chi connectivity index (χ1v) is 3.90. The van der Waals surface area contributed by atoms with Crippen LogP contribution in [0, 0.1) is 0 Å². The van der Waals surface area contributed by atoms with Crippen LogP contribution in [0.3, 0.4) is 0 Å². The van der Waals surface area contributed by atoms with E-state index in [1.165, 1.54) is 17.5 Å². The smallest absolute Gasteiger partial charge is 0.404 e. The number of carbonyl (C=O) groups excluding carboxylic acids is 1. The number of primary amides is 1. The fourth-order valence-electron chi connectivity index (χ4n) is 0.493. The second-order valence-electron chi connectivity index (χ2n) is 1.69. The van der Waals surface area contributed by atoms with Crippen LogP contribution in [0.15, 0.2) is 6.20 Å². The molecule has 60 valence electrons. The summed E-state index contributed by atoms with van der Waals surface area (Å²) in [7, 11) is 0. The van der Waals surface area contributed by atoms with Gasteiger partial charge >= 0.3 is 6.09 Å². The van der Waals surface area contributed by atoms with Gasteiger partial charge < -0.3 is 10.5 Å². The van der Waals surface area contributed by atoms with Crippen molar-refractivity contribution in [2.24, 2.45) is 5.73 Å². The highest BCUT2D eigenvalue weighted by Gasteiger charge is 2.00. The van der Waals surface area contributed by atoms with Crippen molar-refractivity contribution in [3.8, 4) is 0 Å². The van der Waals surface area contributed by atoms with Gasteiger partial charge in [0.15, 0.2) is 4.47 Å². The Hall–Kier alpha value is -0.810. The summed E-state index contributed by atoms with van der Waals surface area (Å²) >= 11 is 6.76. The summed E-state index contributed by atoms with van der Waals surface area (Å²) in [5, 5.41) is 0. The maximum atomic E-state index is 10.1. The fourth-order valence-corrected chi connectivity index (χ4v) is 1.38. The molecule has 0 aliphatic heterocycles. The van der Waals surface area contributed by atoms with Crippen molar-refractivity contribution in [2.45, 2.75) is 6.61 Å². The normalized spacial score (nSPS) is 9.55. The molecule has 0 aliphatic rings. The van der Waals surface area contributed by atoms with Gasteiger partial charge in [0.2, 0.25) is 0 Å². The zero-order valence-corrected chi connectivity index (χ0v) is 6.98. The lowest BCUT2D eigenvalue weighted by molar-refractivity contribution is 0.151. The second-order valence-corrected chi connectivity index (χ2v) is 3.38. The van der Waals surface area contributed by atoms with Gasteiger partial charge in [-0.25, -0.2) is 9.78 Å². The van der Waals surface area contributed by atoms with E-state index in [-0.39, 0.29) is 6.61 Å². The van der Waals surface area contributed by atoms with E-state index in [9.17, 15) is 4.79 Å². The van der Waals surface area contributed by atoms with Gasteiger partial charge in [-0.15, -0.1) is 11.3 Å². The summed E-state index contributed by atoms with van der Waals surface area (Å²) in [6.45, 7) is 0.139. The van der Waals surface area contributed by atoms with Crippen LogP contribution in [-0.4, -0.2) is 11.1 Å². The number of carbonyl (C=O) groups is 1. The predicted octanol–water partition coefficient (Wildman–Crippen LogP) is 1.39. The molecule has 1 amide bonds. The van der Waals surface area contributed by atoms with Crippen LogP contribution >= 0.6 is 22.9 Å². The quantitative estimate of drug-likeness (QED) is 0.770. The molecule has 1 heterocycles. The van der Waals surface area contributed by atoms with Crippen LogP contribution in [0.25, 0.3) is 0 Å². The standard InChI is InChI=1S/C5H5ClN2O2S/c6-4-8-1-3(11-4)2-10-5(7)9/h1H,2H2,(H2,7,9). The molecule has 0 aliphatic carbocycles. The van der Waals surface area contributed by atoms with Crippen molar-refractivity contribution >= 4 is 29.0 Å². The van der Waals surface area contributed by atoms with Crippen LogP contribution in [0.4, 0.5) is 4.79 Å². The highest BCUT2D eigenvalue weighted by atomic mass is 35.5. The first-order chi connectivity index (χ1) is 5.18. The molecule has 2 N–H and O–H groups in total. The molecule has 0 saturated heterocycles. The monoisotopic (exact) mass is 192 g/mol. The fraction of sp³-hybridized carbons (Fsp3) is 0.200. The van der Waals surface area contributed by atoms with Crippen molar-refractivity contribution in [2.75, 3.05) is 0 Å². The number of rotatable bonds is 2. The van der Waals surface area contributed by atoms with Gasteiger partial charge in [-0.3, -0.25) is 0 Å². The molecule has 6 heteroatoms. The van der Waals surface area contributed by atoms with Gasteiger partial charge in [0, 0.05) is 6.20 Å². The summed E-state index contributed by atoms with van der Waals surface area (Å²) < 4.78 is 4.92. The molecule has 1 aromatic rings. The first-order valence-electron chi connectivity index (χ1n) is 2.71. The first kappa shape index (κ1) is 8.29. The van der Waals surface area contributed by atoms with E-state index in [1.54, 1.807) is 0 Å². The largest absolute Gasteiger partial charge is 0.444 e. The van der Waals surface area contributed by atoms with E-state index in [2.05, 4.69) is 9.72 Å². The molecule has 1 aromatic heterocycles. The average molecular weight is 193 g/mol. The molecule has 4 nitrogen and oxygen atoms in total. The molecule has 0 bridgehead atoms. The molecule has 1 rings (SSSR count). The lowest BCUT2D eigenvalue weighted by Gasteiger charge is -1.94. The molecular formula is C5H5ClN2O2S. The Morgan fingerprint density at radius 2 is 2.64 bits per heavy atom. The van der Waals surface area contributed by atoms with Gasteiger partial charge in [0.1, 0.15) is 6.61 Å². The molecule has 0 atom stereocenters. The maximum Gasteiger partial charge on any atom is 0.404 e. The minimum Gasteiger partial charge on any atom is -0.444 e. The zero-order chi connectivity index (χ0) is 8.27. The molecule has 0 radical (unpaired) electrons. The molecular weight excluding hydrogens is 188 g/mol. The average Bonchev–Trinajstić information content (AvgIpc) is 2.31. The molecule has 0 spiro atoms. The number of hydrogen-bond donors (Lipinski definition) is 1. The van der Waals surface area contributed by atoms with E-state index in [0.29, 0.717) is 4.47 Å².